The number of amides is 1. The summed E-state index contributed by atoms with van der Waals surface area (Å²) in [5.74, 6) is 0.763. The van der Waals surface area contributed by atoms with E-state index in [1.54, 1.807) is 23.9 Å². The van der Waals surface area contributed by atoms with Gasteiger partial charge >= 0.3 is 0 Å². The molecule has 0 bridgehead atoms. The summed E-state index contributed by atoms with van der Waals surface area (Å²) >= 11 is 1.54. The molecule has 0 saturated heterocycles. The number of aromatic nitrogens is 3. The minimum atomic E-state index is 0.0162. The van der Waals surface area contributed by atoms with Crippen LogP contribution in [0.1, 0.15) is 48.2 Å². The summed E-state index contributed by atoms with van der Waals surface area (Å²) in [6.07, 6.45) is 11.0. The second kappa shape index (κ2) is 6.36. The number of thiazole rings is 1. The first-order valence-electron chi connectivity index (χ1n) is 8.40. The number of rotatable bonds is 3. The lowest BCUT2D eigenvalue weighted by Crippen LogP contribution is -2.42. The number of anilines is 1. The smallest absolute Gasteiger partial charge is 0.277 e. The number of carbonyl (C=O) groups excluding carboxylic acids is 1. The van der Waals surface area contributed by atoms with Crippen LogP contribution in [0.25, 0.3) is 4.83 Å². The Morgan fingerprint density at radius 1 is 1.25 bits per heavy atom. The van der Waals surface area contributed by atoms with Crippen molar-refractivity contribution in [2.45, 2.75) is 45.1 Å². The largest absolute Gasteiger partial charge is 0.288 e. The monoisotopic (exact) mass is 340 g/mol. The fraction of sp³-hybridized carbons (Fsp3) is 0.389. The van der Waals surface area contributed by atoms with E-state index in [-0.39, 0.29) is 11.9 Å². The van der Waals surface area contributed by atoms with Crippen LogP contribution in [0.4, 0.5) is 5.82 Å². The molecule has 6 heteroatoms. The zero-order chi connectivity index (χ0) is 16.5. The maximum Gasteiger partial charge on any atom is 0.277 e. The number of aryl methyl sites for hydroxylation is 1. The van der Waals surface area contributed by atoms with Gasteiger partial charge in [0.1, 0.15) is 22.7 Å². The molecule has 0 atom stereocenters. The third kappa shape index (κ3) is 2.71. The number of imidazole rings is 1. The summed E-state index contributed by atoms with van der Waals surface area (Å²) in [5, 5.41) is 1.92. The summed E-state index contributed by atoms with van der Waals surface area (Å²) in [6, 6.07) is 4.20. The molecule has 1 saturated carbocycles. The highest BCUT2D eigenvalue weighted by Crippen LogP contribution is 2.29. The van der Waals surface area contributed by atoms with Crippen LogP contribution < -0.4 is 4.90 Å². The third-order valence-corrected chi connectivity index (χ3v) is 5.56. The van der Waals surface area contributed by atoms with Crippen LogP contribution >= 0.6 is 11.3 Å². The van der Waals surface area contributed by atoms with Crippen molar-refractivity contribution in [3.63, 3.8) is 0 Å². The number of nitrogens with zero attached hydrogens (tertiary/aromatic N) is 4. The Morgan fingerprint density at radius 2 is 2.08 bits per heavy atom. The van der Waals surface area contributed by atoms with Gasteiger partial charge in [-0.2, -0.15) is 0 Å². The van der Waals surface area contributed by atoms with Crippen LogP contribution in [0.15, 0.2) is 36.2 Å². The van der Waals surface area contributed by atoms with E-state index in [1.807, 2.05) is 39.9 Å². The van der Waals surface area contributed by atoms with E-state index in [9.17, 15) is 4.79 Å². The van der Waals surface area contributed by atoms with E-state index < -0.39 is 0 Å². The van der Waals surface area contributed by atoms with Crippen LogP contribution in [0, 0.1) is 6.92 Å². The lowest BCUT2D eigenvalue weighted by molar-refractivity contribution is 0.0964. The summed E-state index contributed by atoms with van der Waals surface area (Å²) in [6.45, 7) is 2.01. The Labute approximate surface area is 145 Å². The first kappa shape index (κ1) is 15.3. The molecule has 0 spiro atoms. The molecule has 1 amide bonds. The molecule has 0 N–H and O–H groups in total. The van der Waals surface area contributed by atoms with Gasteiger partial charge in [0.15, 0.2) is 0 Å². The minimum absolute atomic E-state index is 0.0162. The predicted octanol–water partition coefficient (Wildman–Crippen LogP) is 4.08. The molecule has 3 aromatic rings. The number of fused-ring (bicyclic) bond motifs is 1. The molecule has 1 fully saturated rings. The van der Waals surface area contributed by atoms with Crippen LogP contribution in [-0.2, 0) is 0 Å². The fourth-order valence-electron chi connectivity index (χ4n) is 3.40. The maximum absolute atomic E-state index is 13.3. The molecule has 0 radical (unpaired) electrons. The Morgan fingerprint density at radius 3 is 2.83 bits per heavy atom. The Bertz CT molecular complexity index is 845. The van der Waals surface area contributed by atoms with E-state index in [0.717, 1.165) is 29.1 Å². The summed E-state index contributed by atoms with van der Waals surface area (Å²) in [7, 11) is 0. The Kier molecular flexibility index (Phi) is 4.06. The van der Waals surface area contributed by atoms with Crippen molar-refractivity contribution < 1.29 is 4.79 Å². The van der Waals surface area contributed by atoms with E-state index >= 15 is 0 Å². The zero-order valence-corrected chi connectivity index (χ0v) is 14.5. The highest BCUT2D eigenvalue weighted by atomic mass is 32.1. The van der Waals surface area contributed by atoms with Crippen LogP contribution in [-0.4, -0.2) is 26.3 Å². The Hall–Kier alpha value is -2.21. The first-order valence-corrected chi connectivity index (χ1v) is 9.28. The quantitative estimate of drug-likeness (QED) is 0.722. The number of hydrogen-bond acceptors (Lipinski definition) is 4. The van der Waals surface area contributed by atoms with Crippen LogP contribution in [0.2, 0.25) is 0 Å². The van der Waals surface area contributed by atoms with Gasteiger partial charge in [-0.3, -0.25) is 14.1 Å². The van der Waals surface area contributed by atoms with Gasteiger partial charge in [-0.25, -0.2) is 9.97 Å². The van der Waals surface area contributed by atoms with Crippen molar-refractivity contribution in [3.8, 4) is 0 Å². The molecule has 3 aromatic heterocycles. The van der Waals surface area contributed by atoms with E-state index in [4.69, 9.17) is 0 Å². The SMILES string of the molecule is Cc1ccc(N(C(=O)c2csc3cncn23)C2CCCCC2)nc1. The van der Waals surface area contributed by atoms with Gasteiger partial charge in [-0.1, -0.05) is 25.3 Å². The average Bonchev–Trinajstić information content (AvgIpc) is 3.21. The van der Waals surface area contributed by atoms with Gasteiger partial charge < -0.3 is 0 Å². The molecular formula is C18H20N4OS. The maximum atomic E-state index is 13.3. The summed E-state index contributed by atoms with van der Waals surface area (Å²) in [5.41, 5.74) is 1.77. The van der Waals surface area contributed by atoms with Crippen molar-refractivity contribution in [1.29, 1.82) is 0 Å². The summed E-state index contributed by atoms with van der Waals surface area (Å²) in [4.78, 5) is 24.9. The van der Waals surface area contributed by atoms with Crippen molar-refractivity contribution >= 4 is 27.9 Å². The minimum Gasteiger partial charge on any atom is -0.288 e. The summed E-state index contributed by atoms with van der Waals surface area (Å²) < 4.78 is 1.87. The Balaban J connectivity index is 1.75. The van der Waals surface area contributed by atoms with Crippen molar-refractivity contribution in [1.82, 2.24) is 14.4 Å². The van der Waals surface area contributed by atoms with Crippen molar-refractivity contribution in [2.24, 2.45) is 0 Å². The normalized spacial score (nSPS) is 15.7. The average molecular weight is 340 g/mol. The third-order valence-electron chi connectivity index (χ3n) is 4.68. The number of carbonyl (C=O) groups is 1. The van der Waals surface area contributed by atoms with Gasteiger partial charge in [0.2, 0.25) is 0 Å². The standard InChI is InChI=1S/C18H20N4OS/c1-13-7-8-16(20-9-13)22(14-5-3-2-4-6-14)18(23)15-11-24-17-10-19-12-21(15)17/h7-12,14H,2-6H2,1H3. The molecule has 24 heavy (non-hydrogen) atoms. The van der Waals surface area contributed by atoms with Gasteiger partial charge in [-0.05, 0) is 31.4 Å². The lowest BCUT2D eigenvalue weighted by Gasteiger charge is -2.33. The molecule has 0 unspecified atom stereocenters. The molecule has 4 rings (SSSR count). The number of pyridine rings is 1. The molecule has 3 heterocycles. The fourth-order valence-corrected chi connectivity index (χ4v) is 4.23. The second-order valence-electron chi connectivity index (χ2n) is 6.38. The van der Waals surface area contributed by atoms with Gasteiger partial charge in [0.05, 0.1) is 6.20 Å². The molecular weight excluding hydrogens is 320 g/mol. The first-order chi connectivity index (χ1) is 11.7. The van der Waals surface area contributed by atoms with Gasteiger partial charge in [-0.15, -0.1) is 11.3 Å². The molecule has 0 aliphatic heterocycles. The van der Waals surface area contributed by atoms with Crippen LogP contribution in [0.3, 0.4) is 0 Å². The zero-order valence-electron chi connectivity index (χ0n) is 13.7. The van der Waals surface area contributed by atoms with Crippen molar-refractivity contribution in [2.75, 3.05) is 4.90 Å². The molecule has 1 aliphatic carbocycles. The molecule has 1 aliphatic rings. The number of hydrogen-bond donors (Lipinski definition) is 0. The van der Waals surface area contributed by atoms with Crippen molar-refractivity contribution in [3.05, 3.63) is 47.5 Å². The molecule has 5 nitrogen and oxygen atoms in total. The van der Waals surface area contributed by atoms with E-state index in [1.165, 1.54) is 19.3 Å². The molecule has 124 valence electrons. The van der Waals surface area contributed by atoms with Gasteiger partial charge in [0.25, 0.3) is 5.91 Å². The highest BCUT2D eigenvalue weighted by Gasteiger charge is 2.30. The topological polar surface area (TPSA) is 50.5 Å². The van der Waals surface area contributed by atoms with Gasteiger partial charge in [0, 0.05) is 17.6 Å². The van der Waals surface area contributed by atoms with Crippen LogP contribution in [0.5, 0.6) is 0 Å². The molecule has 0 aromatic carbocycles. The highest BCUT2D eigenvalue weighted by molar-refractivity contribution is 7.15. The van der Waals surface area contributed by atoms with E-state index in [0.29, 0.717) is 5.69 Å². The lowest BCUT2D eigenvalue weighted by atomic mass is 9.94. The predicted molar refractivity (Wildman–Crippen MR) is 95.7 cm³/mol. The van der Waals surface area contributed by atoms with E-state index in [2.05, 4.69) is 9.97 Å². The second-order valence-corrected chi connectivity index (χ2v) is 7.27.